The molecule has 3 N–H and O–H groups in total. The molecule has 0 saturated carbocycles. The molecule has 19 heavy (non-hydrogen) atoms. The fraction of sp³-hybridized carbons (Fsp3) is 0.533. The van der Waals surface area contributed by atoms with Gasteiger partial charge < -0.3 is 15.4 Å². The Kier molecular flexibility index (Phi) is 4.43. The van der Waals surface area contributed by atoms with Gasteiger partial charge in [-0.2, -0.15) is 0 Å². The van der Waals surface area contributed by atoms with E-state index in [0.717, 1.165) is 43.8 Å². The van der Waals surface area contributed by atoms with Crippen LogP contribution in [0.5, 0.6) is 0 Å². The summed E-state index contributed by atoms with van der Waals surface area (Å²) in [5.41, 5.74) is 8.84. The van der Waals surface area contributed by atoms with Crippen LogP contribution in [0.25, 0.3) is 0 Å². The second kappa shape index (κ2) is 6.06. The Morgan fingerprint density at radius 3 is 2.68 bits per heavy atom. The zero-order valence-corrected chi connectivity index (χ0v) is 11.8. The minimum Gasteiger partial charge on any atom is -0.384 e. The van der Waals surface area contributed by atoms with Gasteiger partial charge in [-0.3, -0.25) is 5.41 Å². The topological polar surface area (TPSA) is 62.3 Å². The summed E-state index contributed by atoms with van der Waals surface area (Å²) in [5, 5.41) is 7.72. The van der Waals surface area contributed by atoms with Gasteiger partial charge in [0.05, 0.1) is 11.8 Å². The highest BCUT2D eigenvalue weighted by molar-refractivity contribution is 6.01. The zero-order chi connectivity index (χ0) is 13.8. The SMILES string of the molecule is CCOC1CCN(c2c(C)cccc2C(=N)N)CC1. The van der Waals surface area contributed by atoms with Crippen LogP contribution in [0.4, 0.5) is 5.69 Å². The van der Waals surface area contributed by atoms with Crippen molar-refractivity contribution in [3.05, 3.63) is 29.3 Å². The number of hydrogen-bond acceptors (Lipinski definition) is 3. The van der Waals surface area contributed by atoms with E-state index in [1.54, 1.807) is 0 Å². The normalized spacial score (nSPS) is 16.6. The number of nitrogens with two attached hydrogens (primary N) is 1. The van der Waals surface area contributed by atoms with Crippen molar-refractivity contribution in [2.75, 3.05) is 24.6 Å². The average molecular weight is 261 g/mol. The van der Waals surface area contributed by atoms with Crippen LogP contribution < -0.4 is 10.6 Å². The van der Waals surface area contributed by atoms with Gasteiger partial charge in [0, 0.05) is 25.3 Å². The first-order chi connectivity index (χ1) is 9.13. The van der Waals surface area contributed by atoms with Crippen LogP contribution in [0, 0.1) is 12.3 Å². The molecule has 2 rings (SSSR count). The van der Waals surface area contributed by atoms with Crippen molar-refractivity contribution >= 4 is 11.5 Å². The Bertz CT molecular complexity index is 451. The van der Waals surface area contributed by atoms with Crippen LogP contribution in [0.15, 0.2) is 18.2 Å². The summed E-state index contributed by atoms with van der Waals surface area (Å²) in [6.45, 7) is 6.84. The number of aryl methyl sites for hydroxylation is 1. The van der Waals surface area contributed by atoms with Crippen molar-refractivity contribution in [1.29, 1.82) is 5.41 Å². The second-order valence-corrected chi connectivity index (χ2v) is 5.03. The Hall–Kier alpha value is -1.55. The minimum absolute atomic E-state index is 0.144. The van der Waals surface area contributed by atoms with Gasteiger partial charge in [-0.15, -0.1) is 0 Å². The van der Waals surface area contributed by atoms with Gasteiger partial charge in [0.1, 0.15) is 5.84 Å². The Balaban J connectivity index is 2.17. The molecule has 1 aromatic carbocycles. The van der Waals surface area contributed by atoms with E-state index in [-0.39, 0.29) is 5.84 Å². The molecule has 1 aliphatic rings. The largest absolute Gasteiger partial charge is 0.384 e. The smallest absolute Gasteiger partial charge is 0.124 e. The summed E-state index contributed by atoms with van der Waals surface area (Å²) in [7, 11) is 0. The maximum atomic E-state index is 7.72. The molecule has 104 valence electrons. The summed E-state index contributed by atoms with van der Waals surface area (Å²) >= 11 is 0. The molecule has 0 aromatic heterocycles. The summed E-state index contributed by atoms with van der Waals surface area (Å²) in [6.07, 6.45) is 2.46. The standard InChI is InChI=1S/C15H23N3O/c1-3-19-12-7-9-18(10-8-12)14-11(2)5-4-6-13(14)15(16)17/h4-6,12H,3,7-10H2,1-2H3,(H3,16,17). The molecule has 0 radical (unpaired) electrons. The predicted molar refractivity (Wildman–Crippen MR) is 79.1 cm³/mol. The first kappa shape index (κ1) is 13.9. The van der Waals surface area contributed by atoms with E-state index >= 15 is 0 Å². The zero-order valence-electron chi connectivity index (χ0n) is 11.8. The maximum absolute atomic E-state index is 7.72. The van der Waals surface area contributed by atoms with E-state index in [9.17, 15) is 0 Å². The number of para-hydroxylation sites is 1. The van der Waals surface area contributed by atoms with Gasteiger partial charge in [-0.1, -0.05) is 12.1 Å². The van der Waals surface area contributed by atoms with Gasteiger partial charge in [0.15, 0.2) is 0 Å². The summed E-state index contributed by atoms with van der Waals surface area (Å²) < 4.78 is 5.68. The fourth-order valence-electron chi connectivity index (χ4n) is 2.78. The predicted octanol–water partition coefficient (Wildman–Crippen LogP) is 2.28. The van der Waals surface area contributed by atoms with Crippen LogP contribution in [0.3, 0.4) is 0 Å². The highest BCUT2D eigenvalue weighted by atomic mass is 16.5. The molecule has 0 atom stereocenters. The molecule has 4 heteroatoms. The van der Waals surface area contributed by atoms with E-state index in [1.165, 1.54) is 5.56 Å². The number of amidine groups is 1. The molecule has 1 heterocycles. The van der Waals surface area contributed by atoms with Crippen molar-refractivity contribution < 1.29 is 4.74 Å². The van der Waals surface area contributed by atoms with Gasteiger partial charge in [-0.25, -0.2) is 0 Å². The van der Waals surface area contributed by atoms with E-state index < -0.39 is 0 Å². The summed E-state index contributed by atoms with van der Waals surface area (Å²) in [6, 6.07) is 5.97. The number of nitrogen functional groups attached to an aromatic ring is 1. The third kappa shape index (κ3) is 3.07. The van der Waals surface area contributed by atoms with Gasteiger partial charge in [0.2, 0.25) is 0 Å². The molecule has 4 nitrogen and oxygen atoms in total. The van der Waals surface area contributed by atoms with E-state index in [4.69, 9.17) is 15.9 Å². The minimum atomic E-state index is 0.144. The number of hydrogen-bond donors (Lipinski definition) is 2. The Morgan fingerprint density at radius 1 is 1.42 bits per heavy atom. The Morgan fingerprint density at radius 2 is 2.11 bits per heavy atom. The number of piperidine rings is 1. The van der Waals surface area contributed by atoms with Crippen molar-refractivity contribution in [3.63, 3.8) is 0 Å². The summed E-state index contributed by atoms with van der Waals surface area (Å²) in [4.78, 5) is 2.33. The van der Waals surface area contributed by atoms with E-state index in [1.807, 2.05) is 19.1 Å². The van der Waals surface area contributed by atoms with Crippen LogP contribution in [0.2, 0.25) is 0 Å². The quantitative estimate of drug-likeness (QED) is 0.645. The number of nitrogens with one attached hydrogen (secondary N) is 1. The van der Waals surface area contributed by atoms with Crippen LogP contribution in [-0.2, 0) is 4.74 Å². The first-order valence-electron chi connectivity index (χ1n) is 6.94. The first-order valence-corrected chi connectivity index (χ1v) is 6.94. The van der Waals surface area contributed by atoms with Crippen LogP contribution in [-0.4, -0.2) is 31.6 Å². The molecule has 0 unspecified atom stereocenters. The third-order valence-electron chi connectivity index (χ3n) is 3.69. The van der Waals surface area contributed by atoms with E-state index in [2.05, 4.69) is 17.9 Å². The molecule has 0 bridgehead atoms. The highest BCUT2D eigenvalue weighted by Crippen LogP contribution is 2.28. The lowest BCUT2D eigenvalue weighted by atomic mass is 10.0. The van der Waals surface area contributed by atoms with Crippen molar-refractivity contribution in [3.8, 4) is 0 Å². The molecule has 0 spiro atoms. The molecular formula is C15H23N3O. The Labute approximate surface area is 115 Å². The van der Waals surface area contributed by atoms with Crippen LogP contribution in [0.1, 0.15) is 30.9 Å². The number of anilines is 1. The van der Waals surface area contributed by atoms with Crippen molar-refractivity contribution in [1.82, 2.24) is 0 Å². The maximum Gasteiger partial charge on any atom is 0.124 e. The number of ether oxygens (including phenoxy) is 1. The molecule has 1 saturated heterocycles. The third-order valence-corrected chi connectivity index (χ3v) is 3.69. The van der Waals surface area contributed by atoms with Crippen LogP contribution >= 0.6 is 0 Å². The molecular weight excluding hydrogens is 238 g/mol. The van der Waals surface area contributed by atoms with Crippen molar-refractivity contribution in [2.24, 2.45) is 5.73 Å². The summed E-state index contributed by atoms with van der Waals surface area (Å²) in [5.74, 6) is 0.144. The lowest BCUT2D eigenvalue weighted by Crippen LogP contribution is -2.38. The van der Waals surface area contributed by atoms with E-state index in [0.29, 0.717) is 6.10 Å². The number of benzene rings is 1. The average Bonchev–Trinajstić information content (AvgIpc) is 2.40. The molecule has 0 amide bonds. The highest BCUT2D eigenvalue weighted by Gasteiger charge is 2.22. The van der Waals surface area contributed by atoms with Gasteiger partial charge in [-0.05, 0) is 38.3 Å². The molecule has 1 fully saturated rings. The van der Waals surface area contributed by atoms with Crippen molar-refractivity contribution in [2.45, 2.75) is 32.8 Å². The lowest BCUT2D eigenvalue weighted by molar-refractivity contribution is 0.0459. The van der Waals surface area contributed by atoms with Gasteiger partial charge in [0.25, 0.3) is 0 Å². The monoisotopic (exact) mass is 261 g/mol. The second-order valence-electron chi connectivity index (χ2n) is 5.03. The van der Waals surface area contributed by atoms with Gasteiger partial charge >= 0.3 is 0 Å². The molecule has 1 aromatic rings. The fourth-order valence-corrected chi connectivity index (χ4v) is 2.78. The number of nitrogens with zero attached hydrogens (tertiary/aromatic N) is 1. The molecule has 1 aliphatic heterocycles. The number of rotatable bonds is 4. The lowest BCUT2D eigenvalue weighted by Gasteiger charge is -2.35. The molecule has 0 aliphatic carbocycles.